The van der Waals surface area contributed by atoms with Crippen LogP contribution in [-0.4, -0.2) is 74.3 Å². The number of ether oxygens (including phenoxy) is 1. The Labute approximate surface area is 576 Å². The molecule has 9 nitrogen and oxygen atoms in total. The first-order valence-corrected chi connectivity index (χ1v) is 40.7. The number of nitrogens with zero attached hydrogens (tertiary/aromatic N) is 1. The number of carbonyl (C=O) groups excluding carboxylic acids is 2. The zero-order chi connectivity index (χ0) is 67.8. The van der Waals surface area contributed by atoms with Crippen LogP contribution in [0.5, 0.6) is 0 Å². The van der Waals surface area contributed by atoms with Gasteiger partial charge in [-0.2, -0.15) is 0 Å². The second-order valence-corrected chi connectivity index (χ2v) is 29.0. The molecule has 93 heavy (non-hydrogen) atoms. The van der Waals surface area contributed by atoms with Crippen molar-refractivity contribution in [2.24, 2.45) is 0 Å². The molecule has 0 bridgehead atoms. The Morgan fingerprint density at radius 3 is 1.05 bits per heavy atom. The second-order valence-electron chi connectivity index (χ2n) is 27.5. The summed E-state index contributed by atoms with van der Waals surface area (Å²) in [5, 5.41) is 3.08. The topological polar surface area (TPSA) is 111 Å². The average Bonchev–Trinajstić information content (AvgIpc) is 2.15. The van der Waals surface area contributed by atoms with Gasteiger partial charge in [-0.25, -0.2) is 4.57 Å². The molecule has 0 spiro atoms. The third kappa shape index (κ3) is 72.8. The molecule has 3 atom stereocenters. The Morgan fingerprint density at radius 2 is 0.688 bits per heavy atom. The molecule has 3 unspecified atom stereocenters. The van der Waals surface area contributed by atoms with Gasteiger partial charge >= 0.3 is 13.8 Å². The molecule has 1 amide bonds. The highest BCUT2D eigenvalue weighted by atomic mass is 31.2. The number of phosphoric ester groups is 1. The third-order valence-electron chi connectivity index (χ3n) is 17.2. The lowest BCUT2D eigenvalue weighted by Gasteiger charge is -2.27. The summed E-state index contributed by atoms with van der Waals surface area (Å²) in [6, 6.07) is -0.857. The zero-order valence-electron chi connectivity index (χ0n) is 61.7. The standard InChI is InChI=1S/C83H149N2O7P/c1-7-10-13-16-19-22-25-28-30-32-34-36-38-40-42-44-46-48-50-52-54-57-60-63-66-69-72-75-82(86)84-80(79-91-93(88,89)90-78-77-85(4,5)6)81(74-71-68-65-62-59-56-27-24-21-18-15-12-9-3)92-83(87)76-73-70-67-64-61-58-55-53-51-49-47-45-43-41-39-37-35-33-31-29-26-23-20-17-14-11-8-2/h11,14,19-20,22-23,28-31,34-37,41,43,71,74,80-81H,7-10,12-13,15-18,21,24-27,32-33,38-40,42,44-70,72-73,75-79H2,1-6H3,(H-,84,86,88,89)/p+1/b14-11-,22-19-,23-20-,30-28-,31-29-,36-34-,37-35-,43-41-,74-71+. The molecule has 0 saturated carbocycles. The first-order chi connectivity index (χ1) is 45.4. The predicted molar refractivity (Wildman–Crippen MR) is 406 cm³/mol. The number of nitrogens with one attached hydrogen (secondary N) is 1. The smallest absolute Gasteiger partial charge is 0.456 e. The van der Waals surface area contributed by atoms with Crippen LogP contribution in [0.1, 0.15) is 355 Å². The van der Waals surface area contributed by atoms with Crippen LogP contribution in [0.3, 0.4) is 0 Å². The Morgan fingerprint density at radius 1 is 0.387 bits per heavy atom. The number of unbranched alkanes of at least 4 members (excludes halogenated alkanes) is 39. The van der Waals surface area contributed by atoms with Gasteiger partial charge in [0.1, 0.15) is 19.3 Å². The van der Waals surface area contributed by atoms with E-state index in [1.54, 1.807) is 0 Å². The molecule has 538 valence electrons. The summed E-state index contributed by atoms with van der Waals surface area (Å²) in [5.74, 6) is -0.501. The van der Waals surface area contributed by atoms with E-state index in [0.717, 1.165) is 103 Å². The second kappa shape index (κ2) is 71.4. The Kier molecular flexibility index (Phi) is 68.9. The van der Waals surface area contributed by atoms with Gasteiger partial charge in [-0.1, -0.05) is 336 Å². The molecule has 0 fully saturated rings. The minimum absolute atomic E-state index is 0.0366. The van der Waals surface area contributed by atoms with Crippen LogP contribution in [0.4, 0.5) is 0 Å². The number of esters is 1. The summed E-state index contributed by atoms with van der Waals surface area (Å²) in [4.78, 5) is 38.1. The summed E-state index contributed by atoms with van der Waals surface area (Å²) in [6.07, 6.45) is 99.7. The van der Waals surface area contributed by atoms with Crippen molar-refractivity contribution in [3.63, 3.8) is 0 Å². The van der Waals surface area contributed by atoms with E-state index in [2.05, 4.69) is 123 Å². The third-order valence-corrected chi connectivity index (χ3v) is 18.2. The maximum absolute atomic E-state index is 13.7. The summed E-state index contributed by atoms with van der Waals surface area (Å²) in [7, 11) is 1.49. The number of likely N-dealkylation sites (N-methyl/N-ethyl adjacent to an activating group) is 1. The van der Waals surface area contributed by atoms with Gasteiger partial charge in [-0.15, -0.1) is 0 Å². The minimum Gasteiger partial charge on any atom is -0.456 e. The molecule has 0 rings (SSSR count). The van der Waals surface area contributed by atoms with Gasteiger partial charge in [-0.3, -0.25) is 18.6 Å². The summed E-state index contributed by atoms with van der Waals surface area (Å²) >= 11 is 0. The lowest BCUT2D eigenvalue weighted by molar-refractivity contribution is -0.870. The molecule has 0 aromatic rings. The van der Waals surface area contributed by atoms with E-state index in [4.69, 9.17) is 13.8 Å². The van der Waals surface area contributed by atoms with Crippen molar-refractivity contribution < 1.29 is 37.3 Å². The van der Waals surface area contributed by atoms with Crippen molar-refractivity contribution in [3.8, 4) is 0 Å². The molecular weight excluding hydrogens is 1170 g/mol. The largest absolute Gasteiger partial charge is 0.472 e. The van der Waals surface area contributed by atoms with E-state index in [1.807, 2.05) is 33.3 Å². The van der Waals surface area contributed by atoms with Crippen molar-refractivity contribution in [1.29, 1.82) is 0 Å². The molecule has 0 heterocycles. The molecular formula is C83H150N2O7P+. The van der Waals surface area contributed by atoms with Crippen LogP contribution in [0.2, 0.25) is 0 Å². The van der Waals surface area contributed by atoms with Crippen LogP contribution >= 0.6 is 7.82 Å². The molecule has 0 saturated heterocycles. The minimum atomic E-state index is -4.47. The number of hydrogen-bond acceptors (Lipinski definition) is 6. The normalized spacial score (nSPS) is 14.0. The Balaban J connectivity index is 4.99. The van der Waals surface area contributed by atoms with E-state index < -0.39 is 20.0 Å². The van der Waals surface area contributed by atoms with Crippen LogP contribution in [0.15, 0.2) is 109 Å². The van der Waals surface area contributed by atoms with Gasteiger partial charge < -0.3 is 19.4 Å². The van der Waals surface area contributed by atoms with Crippen LogP contribution in [0.25, 0.3) is 0 Å². The molecule has 0 radical (unpaired) electrons. The fourth-order valence-corrected chi connectivity index (χ4v) is 11.9. The number of quaternary nitrogens is 1. The first-order valence-electron chi connectivity index (χ1n) is 39.2. The molecule has 0 aliphatic heterocycles. The Hall–Kier alpha value is -3.33. The number of allylic oxidation sites excluding steroid dienone is 17. The van der Waals surface area contributed by atoms with Crippen LogP contribution < -0.4 is 5.32 Å². The van der Waals surface area contributed by atoms with E-state index >= 15 is 0 Å². The zero-order valence-corrected chi connectivity index (χ0v) is 62.6. The highest BCUT2D eigenvalue weighted by molar-refractivity contribution is 7.47. The highest BCUT2D eigenvalue weighted by Gasteiger charge is 2.30. The van der Waals surface area contributed by atoms with E-state index in [0.29, 0.717) is 17.4 Å². The monoisotopic (exact) mass is 1320 g/mol. The molecule has 0 aromatic heterocycles. The molecule has 0 aromatic carbocycles. The molecule has 0 aliphatic carbocycles. The number of phosphoric acid groups is 1. The van der Waals surface area contributed by atoms with Gasteiger partial charge in [0.05, 0.1) is 33.8 Å². The van der Waals surface area contributed by atoms with Gasteiger partial charge in [-0.05, 0) is 115 Å². The van der Waals surface area contributed by atoms with Crippen molar-refractivity contribution in [2.45, 2.75) is 367 Å². The Bertz CT molecular complexity index is 1960. The first kappa shape index (κ1) is 89.7. The quantitative estimate of drug-likeness (QED) is 0.0205. The average molecular weight is 1320 g/mol. The predicted octanol–water partition coefficient (Wildman–Crippen LogP) is 25.6. The van der Waals surface area contributed by atoms with Crippen LogP contribution in [-0.2, 0) is 27.9 Å². The van der Waals surface area contributed by atoms with Crippen molar-refractivity contribution in [1.82, 2.24) is 5.32 Å². The lowest BCUT2D eigenvalue weighted by Crippen LogP contribution is -2.47. The van der Waals surface area contributed by atoms with Gasteiger partial charge in [0.25, 0.3) is 0 Å². The maximum Gasteiger partial charge on any atom is 0.472 e. The number of rotatable bonds is 71. The SMILES string of the molecule is CC/C=C\C/C=C\C/C=C\C/C=C\C/C=C\CCCCCCCCCCCCCC(=O)OC(/C=C/CCCCCCCCCCCCC)C(COP(=O)(O)OCC[N+](C)(C)C)NC(=O)CCCCCCCCCCCCCCCC/C=C\C/C=C\C/C=C\CCCCC. The van der Waals surface area contributed by atoms with Crippen molar-refractivity contribution >= 4 is 19.7 Å². The fraction of sp³-hybridized carbons (Fsp3) is 0.759. The molecule has 10 heteroatoms. The van der Waals surface area contributed by atoms with Crippen molar-refractivity contribution in [3.05, 3.63) is 109 Å². The van der Waals surface area contributed by atoms with Gasteiger partial charge in [0.15, 0.2) is 0 Å². The van der Waals surface area contributed by atoms with E-state index in [1.165, 1.54) is 218 Å². The van der Waals surface area contributed by atoms with Crippen molar-refractivity contribution in [2.75, 3.05) is 40.9 Å². The van der Waals surface area contributed by atoms with Crippen LogP contribution in [0, 0.1) is 0 Å². The summed E-state index contributed by atoms with van der Waals surface area (Å²) in [5.41, 5.74) is 0. The summed E-state index contributed by atoms with van der Waals surface area (Å²) in [6.45, 7) is 6.91. The van der Waals surface area contributed by atoms with Gasteiger partial charge in [0, 0.05) is 12.8 Å². The van der Waals surface area contributed by atoms with E-state index in [-0.39, 0.29) is 31.5 Å². The number of amides is 1. The fourth-order valence-electron chi connectivity index (χ4n) is 11.2. The molecule has 0 aliphatic rings. The number of hydrogen-bond donors (Lipinski definition) is 2. The van der Waals surface area contributed by atoms with Gasteiger partial charge in [0.2, 0.25) is 5.91 Å². The maximum atomic E-state index is 13.7. The lowest BCUT2D eigenvalue weighted by atomic mass is 10.0. The van der Waals surface area contributed by atoms with E-state index in [9.17, 15) is 19.0 Å². The number of carbonyl (C=O) groups is 2. The summed E-state index contributed by atoms with van der Waals surface area (Å²) < 4.78 is 30.9. The highest BCUT2D eigenvalue weighted by Crippen LogP contribution is 2.43. The molecule has 2 N–H and O–H groups in total.